The Balaban J connectivity index is 2.18. The molecule has 0 aliphatic rings. The Kier molecular flexibility index (Phi) is 3.56. The van der Waals surface area contributed by atoms with Gasteiger partial charge in [-0.3, -0.25) is 10.00 Å². The molecule has 7 nitrogen and oxygen atoms in total. The number of anilines is 1. The summed E-state index contributed by atoms with van der Waals surface area (Å²) >= 11 is 6.32. The van der Waals surface area contributed by atoms with Crippen LogP contribution in [0.25, 0.3) is 16.9 Å². The van der Waals surface area contributed by atoms with Crippen LogP contribution in [0.5, 0.6) is 0 Å². The van der Waals surface area contributed by atoms with Crippen LogP contribution < -0.4 is 5.32 Å². The van der Waals surface area contributed by atoms with Gasteiger partial charge in [-0.1, -0.05) is 29.8 Å². The number of benzene rings is 1. The minimum atomic E-state index is -1.21. The molecule has 0 aliphatic heterocycles. The van der Waals surface area contributed by atoms with E-state index < -0.39 is 6.09 Å². The molecule has 3 aromatic rings. The second kappa shape index (κ2) is 5.53. The number of nitrogens with zero attached hydrogens (tertiary/aromatic N) is 4. The molecule has 0 aliphatic carbocycles. The van der Waals surface area contributed by atoms with Crippen LogP contribution in [0, 0.1) is 0 Å². The molecule has 0 fully saturated rings. The summed E-state index contributed by atoms with van der Waals surface area (Å²) in [4.78, 5) is 11.0. The maximum absolute atomic E-state index is 11.0. The topological polar surface area (TPSA) is 85.0 Å². The number of carbonyl (C=O) groups is 1. The fourth-order valence-electron chi connectivity index (χ4n) is 2.09. The van der Waals surface area contributed by atoms with E-state index in [1.165, 1.54) is 4.68 Å². The van der Waals surface area contributed by atoms with Gasteiger partial charge in [0.15, 0.2) is 5.82 Å². The predicted octanol–water partition coefficient (Wildman–Crippen LogP) is 3.02. The van der Waals surface area contributed by atoms with E-state index in [1.807, 2.05) is 30.3 Å². The van der Waals surface area contributed by atoms with Crippen LogP contribution in [0.2, 0.25) is 5.02 Å². The van der Waals surface area contributed by atoms with Gasteiger partial charge in [0.1, 0.15) is 10.7 Å². The van der Waals surface area contributed by atoms with E-state index in [-0.39, 0.29) is 10.8 Å². The van der Waals surface area contributed by atoms with Gasteiger partial charge in [0.25, 0.3) is 0 Å². The number of para-hydroxylation sites is 1. The molecule has 0 saturated heterocycles. The Labute approximate surface area is 130 Å². The third kappa shape index (κ3) is 2.53. The van der Waals surface area contributed by atoms with Gasteiger partial charge < -0.3 is 5.11 Å². The fourth-order valence-corrected chi connectivity index (χ4v) is 2.37. The highest BCUT2D eigenvalue weighted by molar-refractivity contribution is 6.36. The van der Waals surface area contributed by atoms with Gasteiger partial charge in [-0.05, 0) is 12.1 Å². The molecule has 112 valence electrons. The van der Waals surface area contributed by atoms with Crippen LogP contribution in [0.15, 0.2) is 42.7 Å². The maximum Gasteiger partial charge on any atom is 0.410 e. The molecular weight excluding hydrogens is 306 g/mol. The van der Waals surface area contributed by atoms with Crippen LogP contribution in [-0.2, 0) is 7.05 Å². The lowest BCUT2D eigenvalue weighted by Gasteiger charge is -2.06. The van der Waals surface area contributed by atoms with Gasteiger partial charge in [-0.15, -0.1) is 0 Å². The molecule has 2 N–H and O–H groups in total. The first-order chi connectivity index (χ1) is 10.6. The number of aryl methyl sites for hydroxylation is 1. The van der Waals surface area contributed by atoms with Gasteiger partial charge in [0.05, 0.1) is 11.9 Å². The monoisotopic (exact) mass is 317 g/mol. The first kappa shape index (κ1) is 14.2. The van der Waals surface area contributed by atoms with Crippen LogP contribution >= 0.6 is 11.6 Å². The van der Waals surface area contributed by atoms with Crippen LogP contribution in [0.3, 0.4) is 0 Å². The van der Waals surface area contributed by atoms with E-state index in [9.17, 15) is 4.79 Å². The highest BCUT2D eigenvalue weighted by atomic mass is 35.5. The van der Waals surface area contributed by atoms with Crippen molar-refractivity contribution in [3.05, 3.63) is 47.7 Å². The second-order valence-electron chi connectivity index (χ2n) is 4.59. The second-order valence-corrected chi connectivity index (χ2v) is 4.97. The van der Waals surface area contributed by atoms with E-state index >= 15 is 0 Å². The summed E-state index contributed by atoms with van der Waals surface area (Å²) < 4.78 is 3.08. The smallest absolute Gasteiger partial charge is 0.410 e. The highest BCUT2D eigenvalue weighted by Gasteiger charge is 2.21. The molecular formula is C14H12ClN5O2. The zero-order valence-corrected chi connectivity index (χ0v) is 12.3. The fraction of sp³-hybridized carbons (Fsp3) is 0.0714. The molecule has 3 rings (SSSR count). The van der Waals surface area contributed by atoms with Gasteiger partial charge >= 0.3 is 6.09 Å². The van der Waals surface area contributed by atoms with E-state index in [4.69, 9.17) is 16.7 Å². The largest absolute Gasteiger partial charge is 0.465 e. The number of aromatic nitrogens is 4. The number of amides is 1. The normalized spacial score (nSPS) is 10.6. The minimum absolute atomic E-state index is 0.194. The van der Waals surface area contributed by atoms with Gasteiger partial charge in [0.2, 0.25) is 0 Å². The van der Waals surface area contributed by atoms with Crippen molar-refractivity contribution in [1.82, 2.24) is 19.6 Å². The molecule has 0 unspecified atom stereocenters. The number of hydrogen-bond acceptors (Lipinski definition) is 3. The molecule has 8 heteroatoms. The van der Waals surface area contributed by atoms with E-state index in [0.717, 1.165) is 0 Å². The van der Waals surface area contributed by atoms with Crippen molar-refractivity contribution in [3.8, 4) is 16.9 Å². The van der Waals surface area contributed by atoms with Crippen molar-refractivity contribution < 1.29 is 9.90 Å². The lowest BCUT2D eigenvalue weighted by atomic mass is 10.2. The summed E-state index contributed by atoms with van der Waals surface area (Å²) in [5.41, 5.74) is 1.86. The number of halogens is 1. The van der Waals surface area contributed by atoms with Crippen molar-refractivity contribution >= 4 is 23.5 Å². The molecule has 2 aromatic heterocycles. The summed E-state index contributed by atoms with van der Waals surface area (Å²) in [6.07, 6.45) is 2.17. The summed E-state index contributed by atoms with van der Waals surface area (Å²) in [6.45, 7) is 0. The first-order valence-corrected chi connectivity index (χ1v) is 6.77. The van der Waals surface area contributed by atoms with Crippen molar-refractivity contribution in [3.63, 3.8) is 0 Å². The van der Waals surface area contributed by atoms with E-state index in [2.05, 4.69) is 15.5 Å². The molecule has 1 amide bonds. The predicted molar refractivity (Wildman–Crippen MR) is 82.4 cm³/mol. The summed E-state index contributed by atoms with van der Waals surface area (Å²) in [7, 11) is 1.78. The Morgan fingerprint density at radius 3 is 2.64 bits per heavy atom. The molecule has 0 atom stereocenters. The molecule has 2 heterocycles. The zero-order chi connectivity index (χ0) is 15.7. The Morgan fingerprint density at radius 1 is 1.32 bits per heavy atom. The van der Waals surface area contributed by atoms with E-state index in [1.54, 1.807) is 24.1 Å². The maximum atomic E-state index is 11.0. The summed E-state index contributed by atoms with van der Waals surface area (Å²) in [5.74, 6) is 0.194. The van der Waals surface area contributed by atoms with E-state index in [0.29, 0.717) is 16.9 Å². The Morgan fingerprint density at radius 2 is 2.05 bits per heavy atom. The zero-order valence-electron chi connectivity index (χ0n) is 11.6. The number of rotatable bonds is 3. The molecule has 0 saturated carbocycles. The number of carboxylic acid groups (broad SMARTS) is 1. The summed E-state index contributed by atoms with van der Waals surface area (Å²) in [6, 6.07) is 9.14. The van der Waals surface area contributed by atoms with Gasteiger partial charge in [-0.2, -0.15) is 10.2 Å². The SMILES string of the molecule is Cn1cc(-c2nn(-c3ccccc3)c(NC(=O)O)c2Cl)cn1. The third-order valence-electron chi connectivity index (χ3n) is 3.03. The lowest BCUT2D eigenvalue weighted by molar-refractivity contribution is 0.209. The van der Waals surface area contributed by atoms with Crippen molar-refractivity contribution in [2.24, 2.45) is 7.05 Å². The highest BCUT2D eigenvalue weighted by Crippen LogP contribution is 2.34. The molecule has 22 heavy (non-hydrogen) atoms. The van der Waals surface area contributed by atoms with Crippen LogP contribution in [-0.4, -0.2) is 30.8 Å². The molecule has 1 aromatic carbocycles. The van der Waals surface area contributed by atoms with Gasteiger partial charge in [-0.25, -0.2) is 9.48 Å². The summed E-state index contributed by atoms with van der Waals surface area (Å²) in [5, 5.41) is 20.0. The molecule has 0 bridgehead atoms. The quantitative estimate of drug-likeness (QED) is 0.777. The van der Waals surface area contributed by atoms with Crippen molar-refractivity contribution in [2.75, 3.05) is 5.32 Å². The molecule has 0 spiro atoms. The third-order valence-corrected chi connectivity index (χ3v) is 3.39. The standard InChI is InChI=1S/C14H12ClN5O2/c1-19-8-9(7-16-19)12-11(15)13(17-14(21)22)20(18-12)10-5-3-2-4-6-10/h2-8,17H,1H3,(H,21,22). The number of hydrogen-bond donors (Lipinski definition) is 2. The minimum Gasteiger partial charge on any atom is -0.465 e. The van der Waals surface area contributed by atoms with Crippen molar-refractivity contribution in [2.45, 2.75) is 0 Å². The van der Waals surface area contributed by atoms with Crippen molar-refractivity contribution in [1.29, 1.82) is 0 Å². The lowest BCUT2D eigenvalue weighted by Crippen LogP contribution is -2.12. The average Bonchev–Trinajstić information content (AvgIpc) is 3.05. The average molecular weight is 318 g/mol. The molecule has 0 radical (unpaired) electrons. The van der Waals surface area contributed by atoms with Crippen LogP contribution in [0.1, 0.15) is 0 Å². The Bertz CT molecular complexity index is 825. The Hall–Kier alpha value is -2.80. The van der Waals surface area contributed by atoms with Crippen LogP contribution in [0.4, 0.5) is 10.6 Å². The van der Waals surface area contributed by atoms with Gasteiger partial charge in [0, 0.05) is 18.8 Å². The first-order valence-electron chi connectivity index (χ1n) is 6.39. The number of nitrogens with one attached hydrogen (secondary N) is 1.